The lowest BCUT2D eigenvalue weighted by atomic mass is 10.1. The van der Waals surface area contributed by atoms with Gasteiger partial charge in [-0.25, -0.2) is 4.98 Å². The average Bonchev–Trinajstić information content (AvgIpc) is 2.18. The van der Waals surface area contributed by atoms with E-state index in [2.05, 4.69) is 16.2 Å². The molecule has 0 bridgehead atoms. The van der Waals surface area contributed by atoms with Gasteiger partial charge in [0, 0.05) is 12.1 Å². The highest BCUT2D eigenvalue weighted by molar-refractivity contribution is 6.30. The lowest BCUT2D eigenvalue weighted by Gasteiger charge is -2.27. The van der Waals surface area contributed by atoms with E-state index < -0.39 is 0 Å². The van der Waals surface area contributed by atoms with E-state index in [9.17, 15) is 0 Å². The summed E-state index contributed by atoms with van der Waals surface area (Å²) in [6.07, 6.45) is 8.01. The Kier molecular flexibility index (Phi) is 3.10. The van der Waals surface area contributed by atoms with Crippen LogP contribution in [0.15, 0.2) is 12.3 Å². The maximum Gasteiger partial charge on any atom is 0.144 e. The highest BCUT2D eigenvalue weighted by Gasteiger charge is 2.16. The molecule has 1 aliphatic rings. The predicted octanol–water partition coefficient (Wildman–Crippen LogP) is 1.46. The second kappa shape index (κ2) is 4.52. The lowest BCUT2D eigenvalue weighted by molar-refractivity contribution is 0.217. The Bertz CT molecular complexity index is 396. The molecule has 1 aliphatic heterocycles. The van der Waals surface area contributed by atoms with Crippen LogP contribution in [-0.2, 0) is 0 Å². The van der Waals surface area contributed by atoms with Crippen molar-refractivity contribution in [3.05, 3.63) is 23.0 Å². The van der Waals surface area contributed by atoms with Crippen molar-refractivity contribution in [1.29, 1.82) is 0 Å². The summed E-state index contributed by atoms with van der Waals surface area (Å²) in [6, 6.07) is 2.18. The third-order valence-corrected chi connectivity index (χ3v) is 2.65. The van der Waals surface area contributed by atoms with Crippen molar-refractivity contribution >= 4 is 11.6 Å². The van der Waals surface area contributed by atoms with Crippen LogP contribution in [0.5, 0.6) is 5.75 Å². The van der Waals surface area contributed by atoms with E-state index in [-0.39, 0.29) is 0 Å². The number of hydrogen-bond donors (Lipinski definition) is 1. The Labute approximate surface area is 93.8 Å². The average molecular weight is 223 g/mol. The molecule has 0 radical (unpaired) electrons. The van der Waals surface area contributed by atoms with Crippen molar-refractivity contribution in [3.63, 3.8) is 0 Å². The minimum atomic E-state index is 0.339. The molecule has 3 nitrogen and oxygen atoms in total. The monoisotopic (exact) mass is 222 g/mol. The van der Waals surface area contributed by atoms with Gasteiger partial charge in [0.1, 0.15) is 17.5 Å². The largest absolute Gasteiger partial charge is 0.490 e. The number of halogens is 1. The summed E-state index contributed by atoms with van der Waals surface area (Å²) in [7, 11) is 0. The fourth-order valence-corrected chi connectivity index (χ4v) is 1.45. The smallest absolute Gasteiger partial charge is 0.144 e. The summed E-state index contributed by atoms with van der Waals surface area (Å²) in [5.41, 5.74) is 0.565. The fourth-order valence-electron chi connectivity index (χ4n) is 1.30. The molecular weight excluding hydrogens is 212 g/mol. The minimum absolute atomic E-state index is 0.339. The molecule has 0 amide bonds. The number of hydrogen-bond acceptors (Lipinski definition) is 3. The van der Waals surface area contributed by atoms with Crippen LogP contribution >= 0.6 is 11.6 Å². The molecule has 0 spiro atoms. The van der Waals surface area contributed by atoms with Crippen LogP contribution in [0.1, 0.15) is 12.0 Å². The normalized spacial score (nSPS) is 19.1. The highest BCUT2D eigenvalue weighted by atomic mass is 35.5. The first-order valence-corrected chi connectivity index (χ1v) is 5.15. The zero-order chi connectivity index (χ0) is 10.7. The zero-order valence-electron chi connectivity index (χ0n) is 8.16. The quantitative estimate of drug-likeness (QED) is 0.621. The molecule has 1 saturated heterocycles. The van der Waals surface area contributed by atoms with Gasteiger partial charge in [-0.05, 0) is 13.0 Å². The number of pyridine rings is 1. The lowest BCUT2D eigenvalue weighted by Crippen LogP contribution is -2.46. The summed E-state index contributed by atoms with van der Waals surface area (Å²) >= 11 is 5.78. The molecule has 2 heterocycles. The van der Waals surface area contributed by atoms with E-state index in [0.717, 1.165) is 13.0 Å². The maximum atomic E-state index is 5.78. The SMILES string of the molecule is C#Cc1cc(OC[C@H]2CCN2)cnc1Cl. The molecule has 0 aliphatic carbocycles. The van der Waals surface area contributed by atoms with Crippen LogP contribution in [0.25, 0.3) is 0 Å². The molecule has 1 N–H and O–H groups in total. The molecule has 2 rings (SSSR count). The number of aromatic nitrogens is 1. The Morgan fingerprint density at radius 3 is 3.13 bits per heavy atom. The number of ether oxygens (including phenoxy) is 1. The Hall–Kier alpha value is -1.24. The molecular formula is C11H11ClN2O. The van der Waals surface area contributed by atoms with Gasteiger partial charge in [0.2, 0.25) is 0 Å². The van der Waals surface area contributed by atoms with Crippen molar-refractivity contribution in [2.75, 3.05) is 13.2 Å². The van der Waals surface area contributed by atoms with Crippen molar-refractivity contribution < 1.29 is 4.74 Å². The van der Waals surface area contributed by atoms with E-state index >= 15 is 0 Å². The Morgan fingerprint density at radius 1 is 1.73 bits per heavy atom. The van der Waals surface area contributed by atoms with Crippen molar-refractivity contribution in [2.45, 2.75) is 12.5 Å². The first-order chi connectivity index (χ1) is 7.29. The Morgan fingerprint density at radius 2 is 2.53 bits per heavy atom. The summed E-state index contributed by atoms with van der Waals surface area (Å²) < 4.78 is 5.53. The number of terminal acetylenes is 1. The van der Waals surface area contributed by atoms with Crippen LogP contribution < -0.4 is 10.1 Å². The molecule has 78 valence electrons. The minimum Gasteiger partial charge on any atom is -0.490 e. The van der Waals surface area contributed by atoms with Crippen molar-refractivity contribution in [1.82, 2.24) is 10.3 Å². The molecule has 0 saturated carbocycles. The highest BCUT2D eigenvalue weighted by Crippen LogP contribution is 2.18. The van der Waals surface area contributed by atoms with Gasteiger partial charge >= 0.3 is 0 Å². The van der Waals surface area contributed by atoms with Crippen LogP contribution in [0.2, 0.25) is 5.15 Å². The first kappa shape index (κ1) is 10.3. The number of nitrogens with zero attached hydrogens (tertiary/aromatic N) is 1. The van der Waals surface area contributed by atoms with Gasteiger partial charge in [-0.15, -0.1) is 6.42 Å². The molecule has 1 atom stereocenters. The van der Waals surface area contributed by atoms with Gasteiger partial charge in [0.25, 0.3) is 0 Å². The third-order valence-electron chi connectivity index (χ3n) is 2.35. The molecule has 1 aromatic heterocycles. The predicted molar refractivity (Wildman–Crippen MR) is 59.1 cm³/mol. The number of nitrogens with one attached hydrogen (secondary N) is 1. The van der Waals surface area contributed by atoms with Gasteiger partial charge < -0.3 is 10.1 Å². The third kappa shape index (κ3) is 2.41. The summed E-state index contributed by atoms with van der Waals surface area (Å²) in [5.74, 6) is 3.13. The van der Waals surface area contributed by atoms with Crippen molar-refractivity contribution in [2.24, 2.45) is 0 Å². The van der Waals surface area contributed by atoms with E-state index in [0.29, 0.717) is 29.1 Å². The standard InChI is InChI=1S/C11H11ClN2O/c1-2-8-5-10(6-14-11(8)12)15-7-9-3-4-13-9/h1,5-6,9,13H,3-4,7H2/t9-/m1/s1. The van der Waals surface area contributed by atoms with Crippen molar-refractivity contribution in [3.8, 4) is 18.1 Å². The second-order valence-corrected chi connectivity index (χ2v) is 3.76. The topological polar surface area (TPSA) is 34.1 Å². The van der Waals surface area contributed by atoms with Crippen LogP contribution in [0.4, 0.5) is 0 Å². The molecule has 1 fully saturated rings. The second-order valence-electron chi connectivity index (χ2n) is 3.40. The fraction of sp³-hybridized carbons (Fsp3) is 0.364. The summed E-state index contributed by atoms with van der Waals surface area (Å²) in [4.78, 5) is 3.95. The molecule has 0 aromatic carbocycles. The van der Waals surface area contributed by atoms with Crippen LogP contribution in [-0.4, -0.2) is 24.2 Å². The summed E-state index contributed by atoms with van der Waals surface area (Å²) in [5, 5.41) is 3.58. The van der Waals surface area contributed by atoms with Gasteiger partial charge in [0.15, 0.2) is 0 Å². The van der Waals surface area contributed by atoms with E-state index in [1.165, 1.54) is 0 Å². The van der Waals surface area contributed by atoms with Crippen LogP contribution in [0.3, 0.4) is 0 Å². The van der Waals surface area contributed by atoms with Crippen LogP contribution in [0, 0.1) is 12.3 Å². The van der Waals surface area contributed by atoms with Gasteiger partial charge in [-0.1, -0.05) is 17.5 Å². The van der Waals surface area contributed by atoms with Gasteiger partial charge in [-0.3, -0.25) is 0 Å². The van der Waals surface area contributed by atoms with E-state index in [1.807, 2.05) is 0 Å². The van der Waals surface area contributed by atoms with E-state index in [1.54, 1.807) is 12.3 Å². The number of rotatable bonds is 3. The van der Waals surface area contributed by atoms with Gasteiger partial charge in [0.05, 0.1) is 11.8 Å². The first-order valence-electron chi connectivity index (χ1n) is 4.78. The van der Waals surface area contributed by atoms with Gasteiger partial charge in [-0.2, -0.15) is 0 Å². The molecule has 15 heavy (non-hydrogen) atoms. The molecule has 1 aromatic rings. The Balaban J connectivity index is 1.99. The molecule has 0 unspecified atom stereocenters. The van der Waals surface area contributed by atoms with E-state index in [4.69, 9.17) is 22.8 Å². The maximum absolute atomic E-state index is 5.78. The molecule has 4 heteroatoms. The summed E-state index contributed by atoms with van der Waals surface area (Å²) in [6.45, 7) is 1.72. The zero-order valence-corrected chi connectivity index (χ0v) is 8.92.